The van der Waals surface area contributed by atoms with Crippen molar-refractivity contribution in [3.8, 4) is 0 Å². The fourth-order valence-electron chi connectivity index (χ4n) is 6.44. The van der Waals surface area contributed by atoms with E-state index in [1.807, 2.05) is 19.9 Å². The predicted molar refractivity (Wildman–Crippen MR) is 80.0 cm³/mol. The number of esters is 1. The van der Waals surface area contributed by atoms with E-state index in [9.17, 15) is 9.59 Å². The number of Topliss-reactive ketones (excluding diaryl/α,β-unsaturated/α-hetero) is 1. The minimum atomic E-state index is -0.517. The smallest absolute Gasteiger partial charge is 0.308 e. The van der Waals surface area contributed by atoms with Gasteiger partial charge in [-0.3, -0.25) is 9.59 Å². The summed E-state index contributed by atoms with van der Waals surface area (Å²) < 4.78 is 11.9. The average Bonchev–Trinajstić information content (AvgIpc) is 2.92. The maximum Gasteiger partial charge on any atom is 0.308 e. The van der Waals surface area contributed by atoms with Gasteiger partial charge in [0.2, 0.25) is 0 Å². The van der Waals surface area contributed by atoms with Gasteiger partial charge in [0.15, 0.2) is 0 Å². The second kappa shape index (κ2) is 3.84. The van der Waals surface area contributed by atoms with Crippen LogP contribution in [0.3, 0.4) is 0 Å². The highest BCUT2D eigenvalue weighted by molar-refractivity contribution is 5.90. The first kappa shape index (κ1) is 14.4. The zero-order valence-corrected chi connectivity index (χ0v) is 13.7. The Labute approximate surface area is 131 Å². The SMILES string of the molecule is C=CC1C(C)(C)C(=O)C2C[C@@]1(C)C1C3OC(=O)CC3OC21C. The largest absolute Gasteiger partial charge is 0.459 e. The van der Waals surface area contributed by atoms with Crippen LogP contribution in [0.15, 0.2) is 12.7 Å². The van der Waals surface area contributed by atoms with E-state index in [4.69, 9.17) is 9.47 Å². The standard InChI is InChI=1S/C18H24O4/c1-6-11-16(2,3)15(20)9-8-17(11,4)14-13-10(7-12(19)21-13)22-18(9,14)5/h6,9-11,13-14H,1,7-8H2,2-5H3/t9?,10?,11?,13?,14?,17-,18?/m1/s1. The van der Waals surface area contributed by atoms with Gasteiger partial charge >= 0.3 is 5.97 Å². The molecular formula is C18H24O4. The second-order valence-electron chi connectivity index (χ2n) is 8.54. The van der Waals surface area contributed by atoms with Gasteiger partial charge in [-0.2, -0.15) is 0 Å². The Bertz CT molecular complexity index is 594. The van der Waals surface area contributed by atoms with Gasteiger partial charge in [0, 0.05) is 17.3 Å². The van der Waals surface area contributed by atoms with E-state index >= 15 is 0 Å². The summed E-state index contributed by atoms with van der Waals surface area (Å²) in [6, 6.07) is 0. The molecule has 0 aromatic carbocycles. The van der Waals surface area contributed by atoms with Crippen molar-refractivity contribution < 1.29 is 19.1 Å². The van der Waals surface area contributed by atoms with Gasteiger partial charge < -0.3 is 9.47 Å². The van der Waals surface area contributed by atoms with Gasteiger partial charge in [0.25, 0.3) is 0 Å². The monoisotopic (exact) mass is 304 g/mol. The molecule has 120 valence electrons. The number of fused-ring (bicyclic) bond motifs is 7. The van der Waals surface area contributed by atoms with Crippen LogP contribution in [0.4, 0.5) is 0 Å². The average molecular weight is 304 g/mol. The van der Waals surface area contributed by atoms with Gasteiger partial charge in [-0.25, -0.2) is 0 Å². The third kappa shape index (κ3) is 1.34. The molecule has 2 heterocycles. The molecule has 4 heteroatoms. The fourth-order valence-corrected chi connectivity index (χ4v) is 6.44. The highest BCUT2D eigenvalue weighted by Crippen LogP contribution is 2.70. The lowest BCUT2D eigenvalue weighted by Crippen LogP contribution is -2.50. The predicted octanol–water partition coefficient (Wildman–Crippen LogP) is 2.51. The number of rotatable bonds is 1. The van der Waals surface area contributed by atoms with E-state index < -0.39 is 11.0 Å². The summed E-state index contributed by atoms with van der Waals surface area (Å²) in [5, 5.41) is 0. The molecule has 2 aliphatic heterocycles. The second-order valence-corrected chi connectivity index (χ2v) is 8.54. The summed E-state index contributed by atoms with van der Waals surface area (Å²) in [6.07, 6.45) is 2.65. The van der Waals surface area contributed by atoms with Crippen LogP contribution in [0.5, 0.6) is 0 Å². The van der Waals surface area contributed by atoms with E-state index in [-0.39, 0.29) is 47.1 Å². The summed E-state index contributed by atoms with van der Waals surface area (Å²) >= 11 is 0. The summed E-state index contributed by atoms with van der Waals surface area (Å²) in [5.74, 6) is 0.111. The number of ketones is 1. The third-order valence-electron chi connectivity index (χ3n) is 7.07. The lowest BCUT2D eigenvalue weighted by atomic mass is 9.54. The van der Waals surface area contributed by atoms with E-state index in [1.165, 1.54) is 0 Å². The Morgan fingerprint density at radius 1 is 1.23 bits per heavy atom. The zero-order chi connectivity index (χ0) is 16.1. The van der Waals surface area contributed by atoms with Crippen LogP contribution in [0, 0.1) is 28.6 Å². The van der Waals surface area contributed by atoms with Crippen LogP contribution in [-0.2, 0) is 19.1 Å². The molecule has 2 aliphatic carbocycles. The molecule has 0 spiro atoms. The molecule has 2 saturated heterocycles. The highest BCUT2D eigenvalue weighted by atomic mass is 16.6. The molecule has 0 amide bonds. The van der Waals surface area contributed by atoms with Crippen molar-refractivity contribution in [3.05, 3.63) is 12.7 Å². The Hall–Kier alpha value is -1.16. The summed E-state index contributed by atoms with van der Waals surface area (Å²) in [4.78, 5) is 24.8. The van der Waals surface area contributed by atoms with E-state index in [1.54, 1.807) is 0 Å². The first-order chi connectivity index (χ1) is 10.2. The van der Waals surface area contributed by atoms with E-state index in [0.717, 1.165) is 6.42 Å². The van der Waals surface area contributed by atoms with Gasteiger partial charge in [-0.1, -0.05) is 26.8 Å². The Balaban J connectivity index is 1.88. The van der Waals surface area contributed by atoms with Crippen LogP contribution < -0.4 is 0 Å². The maximum absolute atomic E-state index is 13.1. The Kier molecular flexibility index (Phi) is 2.52. The van der Waals surface area contributed by atoms with E-state index in [0.29, 0.717) is 6.42 Å². The van der Waals surface area contributed by atoms with Crippen LogP contribution in [-0.4, -0.2) is 29.6 Å². The molecule has 4 nitrogen and oxygen atoms in total. The molecular weight excluding hydrogens is 280 g/mol. The van der Waals surface area contributed by atoms with Crippen LogP contribution >= 0.6 is 0 Å². The van der Waals surface area contributed by atoms with Crippen LogP contribution in [0.25, 0.3) is 0 Å². The summed E-state index contributed by atoms with van der Waals surface area (Å²) in [7, 11) is 0. The molecule has 22 heavy (non-hydrogen) atoms. The molecule has 0 aromatic rings. The van der Waals surface area contributed by atoms with Crippen molar-refractivity contribution >= 4 is 11.8 Å². The summed E-state index contributed by atoms with van der Waals surface area (Å²) in [6.45, 7) is 12.3. The molecule has 0 aromatic heterocycles. The van der Waals surface area contributed by atoms with Crippen molar-refractivity contribution in [2.45, 2.75) is 58.3 Å². The maximum atomic E-state index is 13.1. The molecule has 0 N–H and O–H groups in total. The lowest BCUT2D eigenvalue weighted by molar-refractivity contribution is -0.148. The van der Waals surface area contributed by atoms with Gasteiger partial charge in [0.05, 0.1) is 12.0 Å². The van der Waals surface area contributed by atoms with E-state index in [2.05, 4.69) is 20.4 Å². The van der Waals surface area contributed by atoms with Gasteiger partial charge in [0.1, 0.15) is 18.0 Å². The first-order valence-electron chi connectivity index (χ1n) is 8.20. The van der Waals surface area contributed by atoms with Crippen molar-refractivity contribution in [1.82, 2.24) is 0 Å². The van der Waals surface area contributed by atoms with Gasteiger partial charge in [-0.15, -0.1) is 6.58 Å². The molecule has 4 fully saturated rings. The molecule has 2 saturated carbocycles. The molecule has 4 rings (SSSR count). The number of hydrogen-bond acceptors (Lipinski definition) is 4. The number of ether oxygens (including phenoxy) is 2. The molecule has 6 unspecified atom stereocenters. The molecule has 0 radical (unpaired) electrons. The highest BCUT2D eigenvalue weighted by Gasteiger charge is 2.76. The Morgan fingerprint density at radius 3 is 2.55 bits per heavy atom. The minimum Gasteiger partial charge on any atom is -0.459 e. The Morgan fingerprint density at radius 2 is 1.91 bits per heavy atom. The first-order valence-corrected chi connectivity index (χ1v) is 8.20. The topological polar surface area (TPSA) is 52.6 Å². The quantitative estimate of drug-likeness (QED) is 0.552. The van der Waals surface area contributed by atoms with Crippen molar-refractivity contribution in [2.75, 3.05) is 0 Å². The number of allylic oxidation sites excluding steroid dienone is 1. The lowest BCUT2D eigenvalue weighted by Gasteiger charge is -2.48. The summed E-state index contributed by atoms with van der Waals surface area (Å²) in [5.41, 5.74) is -1.09. The number of carbonyl (C=O) groups excluding carboxylic acids is 2. The third-order valence-corrected chi connectivity index (χ3v) is 7.07. The van der Waals surface area contributed by atoms with Crippen LogP contribution in [0.2, 0.25) is 0 Å². The van der Waals surface area contributed by atoms with Crippen molar-refractivity contribution in [2.24, 2.45) is 28.6 Å². The normalized spacial score (nSPS) is 54.8. The van der Waals surface area contributed by atoms with Crippen molar-refractivity contribution in [3.63, 3.8) is 0 Å². The molecule has 7 atom stereocenters. The fraction of sp³-hybridized carbons (Fsp3) is 0.778. The number of hydrogen-bond donors (Lipinski definition) is 0. The number of carbonyl (C=O) groups is 2. The minimum absolute atomic E-state index is 0.0650. The molecule has 4 aliphatic rings. The van der Waals surface area contributed by atoms with Gasteiger partial charge in [-0.05, 0) is 24.7 Å². The zero-order valence-electron chi connectivity index (χ0n) is 13.7. The van der Waals surface area contributed by atoms with Crippen molar-refractivity contribution in [1.29, 1.82) is 0 Å². The molecule has 2 bridgehead atoms. The van der Waals surface area contributed by atoms with Crippen LogP contribution in [0.1, 0.15) is 40.5 Å².